The van der Waals surface area contributed by atoms with Gasteiger partial charge in [0.2, 0.25) is 5.82 Å². The highest BCUT2D eigenvalue weighted by molar-refractivity contribution is 5.59. The van der Waals surface area contributed by atoms with E-state index in [1.165, 1.54) is 17.1 Å². The summed E-state index contributed by atoms with van der Waals surface area (Å²) in [5.41, 5.74) is 2.32. The molecule has 1 fully saturated rings. The van der Waals surface area contributed by atoms with Gasteiger partial charge in [0, 0.05) is 18.0 Å². The normalized spacial score (nSPS) is 25.0. The summed E-state index contributed by atoms with van der Waals surface area (Å²) >= 11 is 0. The molecule has 9 nitrogen and oxygen atoms in total. The number of hydrogen-bond acceptors (Lipinski definition) is 8. The third-order valence-corrected chi connectivity index (χ3v) is 4.49. The van der Waals surface area contributed by atoms with E-state index in [1.807, 2.05) is 31.2 Å². The molecule has 1 aliphatic rings. The van der Waals surface area contributed by atoms with Crippen molar-refractivity contribution < 1.29 is 20.1 Å². The Bertz CT molecular complexity index is 915. The molecular formula is C18H19N5O4. The van der Waals surface area contributed by atoms with E-state index in [4.69, 9.17) is 4.74 Å². The Labute approximate surface area is 154 Å². The first-order chi connectivity index (χ1) is 13.1. The van der Waals surface area contributed by atoms with Crippen molar-refractivity contribution in [2.75, 3.05) is 6.61 Å². The molecule has 0 amide bonds. The van der Waals surface area contributed by atoms with Gasteiger partial charge in [-0.05, 0) is 6.92 Å². The first-order valence-electron chi connectivity index (χ1n) is 8.51. The van der Waals surface area contributed by atoms with Crippen LogP contribution in [0.1, 0.15) is 11.8 Å². The molecule has 27 heavy (non-hydrogen) atoms. The Morgan fingerprint density at radius 3 is 2.52 bits per heavy atom. The van der Waals surface area contributed by atoms with E-state index in [1.54, 1.807) is 6.20 Å². The molecule has 1 aromatic carbocycles. The van der Waals surface area contributed by atoms with Crippen LogP contribution >= 0.6 is 0 Å². The van der Waals surface area contributed by atoms with Crippen LogP contribution in [0.15, 0.2) is 42.9 Å². The predicted octanol–water partition coefficient (Wildman–Crippen LogP) is 0.322. The third-order valence-electron chi connectivity index (χ3n) is 4.49. The Balaban J connectivity index is 1.82. The molecular weight excluding hydrogens is 350 g/mol. The van der Waals surface area contributed by atoms with E-state index >= 15 is 0 Å². The molecule has 0 aliphatic carbocycles. The van der Waals surface area contributed by atoms with Crippen LogP contribution in [0.2, 0.25) is 0 Å². The number of hydrogen-bond donors (Lipinski definition) is 3. The molecule has 0 unspecified atom stereocenters. The minimum atomic E-state index is -1.26. The van der Waals surface area contributed by atoms with Crippen LogP contribution < -0.4 is 0 Å². The number of ether oxygens (including phenoxy) is 1. The highest BCUT2D eigenvalue weighted by Gasteiger charge is 2.45. The van der Waals surface area contributed by atoms with E-state index in [0.29, 0.717) is 17.3 Å². The van der Waals surface area contributed by atoms with Crippen molar-refractivity contribution >= 4 is 0 Å². The zero-order valence-corrected chi connectivity index (χ0v) is 14.5. The van der Waals surface area contributed by atoms with Gasteiger partial charge < -0.3 is 20.1 Å². The second-order valence-corrected chi connectivity index (χ2v) is 6.39. The Morgan fingerprint density at radius 1 is 1.11 bits per heavy atom. The molecule has 1 saturated heterocycles. The zero-order valence-electron chi connectivity index (χ0n) is 14.5. The summed E-state index contributed by atoms with van der Waals surface area (Å²) < 4.78 is 7.05. The molecule has 0 saturated carbocycles. The van der Waals surface area contributed by atoms with Crippen molar-refractivity contribution in [3.05, 3.63) is 48.4 Å². The van der Waals surface area contributed by atoms with Crippen molar-refractivity contribution in [3.8, 4) is 22.9 Å². The zero-order chi connectivity index (χ0) is 19.0. The first kappa shape index (κ1) is 17.7. The van der Waals surface area contributed by atoms with Gasteiger partial charge in [0.25, 0.3) is 0 Å². The van der Waals surface area contributed by atoms with Gasteiger partial charge in [-0.15, -0.1) is 5.10 Å². The van der Waals surface area contributed by atoms with Gasteiger partial charge in [0.1, 0.15) is 24.0 Å². The van der Waals surface area contributed by atoms with E-state index in [9.17, 15) is 15.3 Å². The fourth-order valence-corrected chi connectivity index (χ4v) is 3.01. The standard InChI is InChI=1S/C18H19N5O4/c1-10-2-4-11(5-3-10)17-21-16(12-8-19-6-7-20-12)22-23(17)18-15(26)14(25)13(9-24)27-18/h2-8,13-15,18,24-26H,9H2,1H3/t13-,14-,15-,18-/m1/s1. The number of aromatic nitrogens is 5. The third kappa shape index (κ3) is 3.21. The maximum atomic E-state index is 10.4. The largest absolute Gasteiger partial charge is 0.394 e. The van der Waals surface area contributed by atoms with Crippen LogP contribution in [0.5, 0.6) is 0 Å². The maximum absolute atomic E-state index is 10.4. The minimum Gasteiger partial charge on any atom is -0.394 e. The lowest BCUT2D eigenvalue weighted by Gasteiger charge is -2.17. The SMILES string of the molecule is Cc1ccc(-c2nc(-c3cnccn3)nn2[C@@H]2O[C@H](CO)[C@@H](O)[C@H]2O)cc1. The topological polar surface area (TPSA) is 126 Å². The molecule has 4 atom stereocenters. The molecule has 140 valence electrons. The minimum absolute atomic E-state index is 0.316. The lowest BCUT2D eigenvalue weighted by Crippen LogP contribution is -2.33. The summed E-state index contributed by atoms with van der Waals surface area (Å²) in [5, 5.41) is 34.3. The summed E-state index contributed by atoms with van der Waals surface area (Å²) in [5.74, 6) is 0.766. The lowest BCUT2D eigenvalue weighted by atomic mass is 10.1. The molecule has 2 aromatic heterocycles. The van der Waals surface area contributed by atoms with Gasteiger partial charge >= 0.3 is 0 Å². The maximum Gasteiger partial charge on any atom is 0.202 e. The number of nitrogens with zero attached hydrogens (tertiary/aromatic N) is 5. The average Bonchev–Trinajstić information content (AvgIpc) is 3.25. The molecule has 3 heterocycles. The van der Waals surface area contributed by atoms with Crippen LogP contribution in [0, 0.1) is 6.92 Å². The van der Waals surface area contributed by atoms with E-state index < -0.39 is 31.1 Å². The monoisotopic (exact) mass is 369 g/mol. The highest BCUT2D eigenvalue weighted by atomic mass is 16.6. The fourth-order valence-electron chi connectivity index (χ4n) is 3.01. The summed E-state index contributed by atoms with van der Waals surface area (Å²) in [6.45, 7) is 1.56. The number of aliphatic hydroxyl groups excluding tert-OH is 3. The first-order valence-corrected chi connectivity index (χ1v) is 8.51. The quantitative estimate of drug-likeness (QED) is 0.600. The van der Waals surface area contributed by atoms with Crippen molar-refractivity contribution in [2.45, 2.75) is 31.5 Å². The molecule has 3 aromatic rings. The van der Waals surface area contributed by atoms with E-state index in [2.05, 4.69) is 20.1 Å². The second-order valence-electron chi connectivity index (χ2n) is 6.39. The van der Waals surface area contributed by atoms with Gasteiger partial charge in [-0.2, -0.15) is 0 Å². The van der Waals surface area contributed by atoms with Gasteiger partial charge in [-0.1, -0.05) is 29.8 Å². The van der Waals surface area contributed by atoms with Crippen LogP contribution in [0.25, 0.3) is 22.9 Å². The summed E-state index contributed by atoms with van der Waals surface area (Å²) in [7, 11) is 0. The van der Waals surface area contributed by atoms with Crippen LogP contribution in [-0.4, -0.2) is 65.0 Å². The van der Waals surface area contributed by atoms with Crippen molar-refractivity contribution in [2.24, 2.45) is 0 Å². The summed E-state index contributed by atoms with van der Waals surface area (Å²) in [4.78, 5) is 12.8. The molecule has 0 spiro atoms. The molecule has 0 bridgehead atoms. The van der Waals surface area contributed by atoms with E-state index in [0.717, 1.165) is 11.1 Å². The molecule has 9 heteroatoms. The Morgan fingerprint density at radius 2 is 1.89 bits per heavy atom. The van der Waals surface area contributed by atoms with Crippen LogP contribution in [-0.2, 0) is 4.74 Å². The number of benzene rings is 1. The van der Waals surface area contributed by atoms with Crippen molar-refractivity contribution in [1.29, 1.82) is 0 Å². The van der Waals surface area contributed by atoms with Gasteiger partial charge in [0.05, 0.1) is 12.8 Å². The summed E-state index contributed by atoms with van der Waals surface area (Å²) in [6.07, 6.45) is 0.237. The number of rotatable bonds is 4. The smallest absolute Gasteiger partial charge is 0.202 e. The average molecular weight is 369 g/mol. The van der Waals surface area contributed by atoms with Gasteiger partial charge in [-0.3, -0.25) is 4.98 Å². The van der Waals surface area contributed by atoms with Crippen molar-refractivity contribution in [1.82, 2.24) is 24.7 Å². The van der Waals surface area contributed by atoms with Crippen molar-refractivity contribution in [3.63, 3.8) is 0 Å². The lowest BCUT2D eigenvalue weighted by molar-refractivity contribution is -0.0577. The highest BCUT2D eigenvalue weighted by Crippen LogP contribution is 2.33. The van der Waals surface area contributed by atoms with Gasteiger partial charge in [-0.25, -0.2) is 14.6 Å². The van der Waals surface area contributed by atoms with Crippen LogP contribution in [0.4, 0.5) is 0 Å². The molecule has 1 aliphatic heterocycles. The predicted molar refractivity (Wildman–Crippen MR) is 94.2 cm³/mol. The Kier molecular flexibility index (Phi) is 4.66. The fraction of sp³-hybridized carbons (Fsp3) is 0.333. The number of aryl methyl sites for hydroxylation is 1. The van der Waals surface area contributed by atoms with Gasteiger partial charge in [0.15, 0.2) is 12.1 Å². The molecule has 4 rings (SSSR count). The number of aliphatic hydroxyl groups is 3. The second kappa shape index (κ2) is 7.12. The molecule has 3 N–H and O–H groups in total. The van der Waals surface area contributed by atoms with E-state index in [-0.39, 0.29) is 0 Å². The summed E-state index contributed by atoms with van der Waals surface area (Å²) in [6, 6.07) is 7.65. The van der Waals surface area contributed by atoms with Crippen LogP contribution in [0.3, 0.4) is 0 Å². The molecule has 0 radical (unpaired) electrons. The Hall–Kier alpha value is -2.72.